The average molecular weight is 334 g/mol. The van der Waals surface area contributed by atoms with Crippen molar-refractivity contribution in [3.05, 3.63) is 16.6 Å². The first-order valence-corrected chi connectivity index (χ1v) is 9.44. The molecule has 2 aromatic rings. The third-order valence-electron chi connectivity index (χ3n) is 5.16. The smallest absolute Gasteiger partial charge is 0.264 e. The molecule has 0 radical (unpaired) electrons. The third kappa shape index (κ3) is 3.03. The molecule has 126 valence electrons. The van der Waals surface area contributed by atoms with Crippen molar-refractivity contribution in [2.24, 2.45) is 18.9 Å². The summed E-state index contributed by atoms with van der Waals surface area (Å²) in [6, 6.07) is 2.40. The molecule has 0 bridgehead atoms. The largest absolute Gasteiger partial charge is 0.335 e. The van der Waals surface area contributed by atoms with Crippen molar-refractivity contribution in [3.8, 4) is 0 Å². The van der Waals surface area contributed by atoms with Gasteiger partial charge in [-0.25, -0.2) is 0 Å². The van der Waals surface area contributed by atoms with Crippen LogP contribution >= 0.6 is 11.3 Å². The van der Waals surface area contributed by atoms with E-state index in [0.29, 0.717) is 17.9 Å². The molecule has 5 heteroatoms. The predicted octanol–water partition coefficient (Wildman–Crippen LogP) is 4.23. The Morgan fingerprint density at radius 1 is 1.35 bits per heavy atom. The number of likely N-dealkylation sites (tertiary alicyclic amines) is 1. The second kappa shape index (κ2) is 6.27. The van der Waals surface area contributed by atoms with E-state index in [0.717, 1.165) is 40.2 Å². The number of hydrogen-bond acceptors (Lipinski definition) is 3. The van der Waals surface area contributed by atoms with Crippen molar-refractivity contribution < 1.29 is 4.79 Å². The maximum absolute atomic E-state index is 13.2. The molecule has 1 aliphatic heterocycles. The molecule has 2 aromatic heterocycles. The Kier molecular flexibility index (Phi) is 4.50. The molecule has 1 amide bonds. The Labute approximate surface area is 142 Å². The number of nitrogens with zero attached hydrogens (tertiary/aromatic N) is 3. The summed E-state index contributed by atoms with van der Waals surface area (Å²) in [5, 5.41) is 5.55. The van der Waals surface area contributed by atoms with Gasteiger partial charge in [0.05, 0.1) is 10.6 Å². The molecule has 1 saturated heterocycles. The number of rotatable bonds is 2. The van der Waals surface area contributed by atoms with Crippen LogP contribution in [0.2, 0.25) is 0 Å². The van der Waals surface area contributed by atoms with Gasteiger partial charge in [-0.2, -0.15) is 5.10 Å². The first kappa shape index (κ1) is 16.5. The number of fused-ring (bicyclic) bond motifs is 1. The molecule has 3 heterocycles. The van der Waals surface area contributed by atoms with Crippen LogP contribution in [0.4, 0.5) is 0 Å². The summed E-state index contributed by atoms with van der Waals surface area (Å²) in [5.74, 6) is 1.42. The van der Waals surface area contributed by atoms with Gasteiger partial charge in [-0.15, -0.1) is 11.3 Å². The van der Waals surface area contributed by atoms with Crippen LogP contribution in [0.1, 0.15) is 55.4 Å². The van der Waals surface area contributed by atoms with Gasteiger partial charge >= 0.3 is 0 Å². The highest BCUT2D eigenvalue weighted by atomic mass is 32.1. The summed E-state index contributed by atoms with van der Waals surface area (Å²) < 4.78 is 1.89. The molecule has 4 nitrogen and oxygen atoms in total. The minimum absolute atomic E-state index is 0.207. The number of amides is 1. The van der Waals surface area contributed by atoms with E-state index in [2.05, 4.69) is 30.8 Å². The van der Waals surface area contributed by atoms with Gasteiger partial charge in [-0.3, -0.25) is 9.48 Å². The molecule has 0 spiro atoms. The summed E-state index contributed by atoms with van der Waals surface area (Å²) in [7, 11) is 1.95. The maximum Gasteiger partial charge on any atom is 0.264 e. The number of hydrogen-bond donors (Lipinski definition) is 0. The first-order valence-electron chi connectivity index (χ1n) is 8.62. The summed E-state index contributed by atoms with van der Waals surface area (Å²) in [4.78, 5) is 17.3. The van der Waals surface area contributed by atoms with Crippen molar-refractivity contribution in [3.63, 3.8) is 0 Å². The van der Waals surface area contributed by atoms with Crippen LogP contribution in [0.15, 0.2) is 6.07 Å². The van der Waals surface area contributed by atoms with Gasteiger partial charge in [0, 0.05) is 25.0 Å². The molecule has 0 aliphatic carbocycles. The maximum atomic E-state index is 13.2. The van der Waals surface area contributed by atoms with E-state index in [1.54, 1.807) is 11.3 Å². The van der Waals surface area contributed by atoms with Gasteiger partial charge in [0.15, 0.2) is 0 Å². The van der Waals surface area contributed by atoms with Gasteiger partial charge in [-0.1, -0.05) is 20.8 Å². The van der Waals surface area contributed by atoms with E-state index in [4.69, 9.17) is 0 Å². The lowest BCUT2D eigenvalue weighted by atomic mass is 9.95. The number of aromatic nitrogens is 2. The van der Waals surface area contributed by atoms with Crippen molar-refractivity contribution in [2.45, 2.75) is 53.0 Å². The second-order valence-corrected chi connectivity index (χ2v) is 8.35. The molecule has 2 unspecified atom stereocenters. The Balaban J connectivity index is 1.93. The number of carbonyl (C=O) groups is 1. The van der Waals surface area contributed by atoms with Crippen LogP contribution < -0.4 is 0 Å². The number of aryl methyl sites for hydroxylation is 2. The van der Waals surface area contributed by atoms with Gasteiger partial charge in [0.25, 0.3) is 5.91 Å². The standard InChI is InChI=1S/C18H27N3OS/c1-11(2)15-7-6-12(3)8-9-21(15)17(22)16-10-14-13(4)19-20(5)18(14)23-16/h10-12,15H,6-9H2,1-5H3. The second-order valence-electron chi connectivity index (χ2n) is 7.32. The summed E-state index contributed by atoms with van der Waals surface area (Å²) in [6.45, 7) is 9.67. The van der Waals surface area contributed by atoms with E-state index in [1.807, 2.05) is 24.7 Å². The minimum Gasteiger partial charge on any atom is -0.335 e. The lowest BCUT2D eigenvalue weighted by Crippen LogP contribution is -2.42. The lowest BCUT2D eigenvalue weighted by molar-refractivity contribution is 0.0636. The van der Waals surface area contributed by atoms with E-state index < -0.39 is 0 Å². The van der Waals surface area contributed by atoms with Crippen LogP contribution in [0.5, 0.6) is 0 Å². The molecule has 0 N–H and O–H groups in total. The minimum atomic E-state index is 0.207. The Morgan fingerprint density at radius 2 is 2.09 bits per heavy atom. The van der Waals surface area contributed by atoms with E-state index >= 15 is 0 Å². The highest BCUT2D eigenvalue weighted by molar-refractivity contribution is 7.20. The third-order valence-corrected chi connectivity index (χ3v) is 6.35. The van der Waals surface area contributed by atoms with Crippen LogP contribution in [0.25, 0.3) is 10.2 Å². The summed E-state index contributed by atoms with van der Waals surface area (Å²) in [5.41, 5.74) is 1.00. The summed E-state index contributed by atoms with van der Waals surface area (Å²) in [6.07, 6.45) is 3.46. The van der Waals surface area contributed by atoms with Crippen LogP contribution in [0, 0.1) is 18.8 Å². The zero-order chi connectivity index (χ0) is 16.7. The fourth-order valence-electron chi connectivity index (χ4n) is 3.68. The zero-order valence-corrected chi connectivity index (χ0v) is 15.6. The monoisotopic (exact) mass is 333 g/mol. The highest BCUT2D eigenvalue weighted by Crippen LogP contribution is 2.32. The van der Waals surface area contributed by atoms with Crippen molar-refractivity contribution in [2.75, 3.05) is 6.54 Å². The molecular formula is C18H27N3OS. The van der Waals surface area contributed by atoms with Crippen LogP contribution in [-0.4, -0.2) is 33.2 Å². The van der Waals surface area contributed by atoms with Gasteiger partial charge in [0.1, 0.15) is 4.83 Å². The zero-order valence-electron chi connectivity index (χ0n) is 14.8. The van der Waals surface area contributed by atoms with E-state index in [9.17, 15) is 4.79 Å². The normalized spacial score (nSPS) is 22.8. The number of thiophene rings is 1. The Morgan fingerprint density at radius 3 is 2.74 bits per heavy atom. The molecule has 0 saturated carbocycles. The molecule has 1 aliphatic rings. The average Bonchev–Trinajstić information content (AvgIpc) is 2.96. The van der Waals surface area contributed by atoms with E-state index in [-0.39, 0.29) is 5.91 Å². The van der Waals surface area contributed by atoms with Crippen LogP contribution in [0.3, 0.4) is 0 Å². The summed E-state index contributed by atoms with van der Waals surface area (Å²) >= 11 is 1.58. The topological polar surface area (TPSA) is 38.1 Å². The van der Waals surface area contributed by atoms with Crippen molar-refractivity contribution >= 4 is 27.5 Å². The lowest BCUT2D eigenvalue weighted by Gasteiger charge is -2.32. The van der Waals surface area contributed by atoms with Gasteiger partial charge in [-0.05, 0) is 44.1 Å². The highest BCUT2D eigenvalue weighted by Gasteiger charge is 2.31. The fraction of sp³-hybridized carbons (Fsp3) is 0.667. The van der Waals surface area contributed by atoms with Crippen molar-refractivity contribution in [1.82, 2.24) is 14.7 Å². The first-order chi connectivity index (χ1) is 10.9. The fourth-order valence-corrected chi connectivity index (χ4v) is 4.76. The number of carbonyl (C=O) groups excluding carboxylic acids is 1. The SMILES string of the molecule is Cc1nn(C)c2sc(C(=O)N3CCC(C)CCC3C(C)C)cc12. The van der Waals surface area contributed by atoms with Crippen LogP contribution in [-0.2, 0) is 7.05 Å². The molecule has 23 heavy (non-hydrogen) atoms. The Bertz CT molecular complexity index is 681. The quantitative estimate of drug-likeness (QED) is 0.825. The van der Waals surface area contributed by atoms with Gasteiger partial charge in [0.2, 0.25) is 0 Å². The van der Waals surface area contributed by atoms with Gasteiger partial charge < -0.3 is 4.90 Å². The van der Waals surface area contributed by atoms with E-state index in [1.165, 1.54) is 6.42 Å². The predicted molar refractivity (Wildman–Crippen MR) is 96.0 cm³/mol. The molecule has 3 rings (SSSR count). The molecular weight excluding hydrogens is 306 g/mol. The van der Waals surface area contributed by atoms with Crippen molar-refractivity contribution in [1.29, 1.82) is 0 Å². The molecule has 0 aromatic carbocycles. The molecule has 2 atom stereocenters. The molecule has 1 fully saturated rings. The Hall–Kier alpha value is -1.36.